The third kappa shape index (κ3) is 5.19. The maximum Gasteiger partial charge on any atom is 0.336 e. The van der Waals surface area contributed by atoms with Crippen LogP contribution in [0.25, 0.3) is 0 Å². The van der Waals surface area contributed by atoms with Gasteiger partial charge in [-0.05, 0) is 54.3 Å². The number of anilines is 1. The fraction of sp³-hybridized carbons (Fsp3) is 0.259. The van der Waals surface area contributed by atoms with Crippen molar-refractivity contribution in [1.29, 1.82) is 5.26 Å². The summed E-state index contributed by atoms with van der Waals surface area (Å²) in [6.45, 7) is 5.15. The monoisotopic (exact) mass is 459 g/mol. The molecule has 1 aliphatic rings. The van der Waals surface area contributed by atoms with Crippen molar-refractivity contribution in [2.45, 2.75) is 32.5 Å². The van der Waals surface area contributed by atoms with Crippen molar-refractivity contribution in [1.82, 2.24) is 4.90 Å². The summed E-state index contributed by atoms with van der Waals surface area (Å²) in [6.07, 6.45) is 0.957. The molecule has 1 N–H and O–H groups in total. The Balaban J connectivity index is 1.59. The second kappa shape index (κ2) is 10.1. The minimum atomic E-state index is -0.894. The van der Waals surface area contributed by atoms with Crippen molar-refractivity contribution in [3.63, 3.8) is 0 Å². The number of halogens is 1. The molecule has 0 saturated carbocycles. The Bertz CT molecular complexity index is 1200. The quantitative estimate of drug-likeness (QED) is 0.505. The van der Waals surface area contributed by atoms with Crippen LogP contribution in [-0.4, -0.2) is 35.1 Å². The van der Waals surface area contributed by atoms with Gasteiger partial charge < -0.3 is 10.0 Å². The predicted molar refractivity (Wildman–Crippen MR) is 131 cm³/mol. The standard InChI is InChI=1S/C27H26ClN3O2/c1-19-6-2-3-7-21(19)17-31(23-11-10-20(15-29)26(28)14-23)24-12-13-30(18-24)16-22-8-4-5-9-25(22)27(32)33/h2-11,14,24H,12-13,16-18H2,1H3,(H,32,33)/t24-/m0/s1. The van der Waals surface area contributed by atoms with Gasteiger partial charge in [-0.15, -0.1) is 0 Å². The van der Waals surface area contributed by atoms with Crippen LogP contribution >= 0.6 is 11.6 Å². The summed E-state index contributed by atoms with van der Waals surface area (Å²) in [5, 5.41) is 19.2. The largest absolute Gasteiger partial charge is 0.478 e. The highest BCUT2D eigenvalue weighted by atomic mass is 35.5. The van der Waals surface area contributed by atoms with E-state index in [1.165, 1.54) is 11.1 Å². The number of benzene rings is 3. The number of nitriles is 1. The predicted octanol–water partition coefficient (Wildman–Crippen LogP) is 5.50. The lowest BCUT2D eigenvalue weighted by molar-refractivity contribution is 0.0694. The number of hydrogen-bond acceptors (Lipinski definition) is 4. The van der Waals surface area contributed by atoms with Crippen molar-refractivity contribution in [3.05, 3.63) is 99.6 Å². The molecular weight excluding hydrogens is 434 g/mol. The minimum Gasteiger partial charge on any atom is -0.478 e. The number of carboxylic acid groups (broad SMARTS) is 1. The third-order valence-corrected chi connectivity index (χ3v) is 6.65. The number of carboxylic acids is 1. The average Bonchev–Trinajstić information content (AvgIpc) is 3.27. The van der Waals surface area contributed by atoms with Crippen molar-refractivity contribution in [2.75, 3.05) is 18.0 Å². The van der Waals surface area contributed by atoms with Crippen LogP contribution < -0.4 is 4.90 Å². The molecule has 5 nitrogen and oxygen atoms in total. The molecule has 0 unspecified atom stereocenters. The van der Waals surface area contributed by atoms with E-state index in [-0.39, 0.29) is 6.04 Å². The number of carbonyl (C=O) groups is 1. The lowest BCUT2D eigenvalue weighted by Crippen LogP contribution is -2.37. The Morgan fingerprint density at radius 3 is 2.58 bits per heavy atom. The first-order chi connectivity index (χ1) is 16.0. The highest BCUT2D eigenvalue weighted by Crippen LogP contribution is 2.30. The maximum absolute atomic E-state index is 11.6. The van der Waals surface area contributed by atoms with Gasteiger partial charge in [0, 0.05) is 37.9 Å². The zero-order valence-corrected chi connectivity index (χ0v) is 19.3. The first kappa shape index (κ1) is 22.8. The Kier molecular flexibility index (Phi) is 6.98. The molecule has 33 heavy (non-hydrogen) atoms. The van der Waals surface area contributed by atoms with Crippen LogP contribution in [0.3, 0.4) is 0 Å². The van der Waals surface area contributed by atoms with E-state index in [0.717, 1.165) is 37.3 Å². The van der Waals surface area contributed by atoms with Crippen molar-refractivity contribution in [3.8, 4) is 6.07 Å². The number of rotatable bonds is 7. The fourth-order valence-corrected chi connectivity index (χ4v) is 4.71. The number of hydrogen-bond donors (Lipinski definition) is 1. The average molecular weight is 460 g/mol. The van der Waals surface area contributed by atoms with Gasteiger partial charge in [0.1, 0.15) is 6.07 Å². The van der Waals surface area contributed by atoms with Crippen LogP contribution in [0.5, 0.6) is 0 Å². The highest BCUT2D eigenvalue weighted by Gasteiger charge is 2.29. The molecule has 1 saturated heterocycles. The van der Waals surface area contributed by atoms with Crippen LogP contribution in [0.2, 0.25) is 5.02 Å². The van der Waals surface area contributed by atoms with E-state index < -0.39 is 5.97 Å². The first-order valence-corrected chi connectivity index (χ1v) is 11.4. The molecule has 3 aromatic rings. The Morgan fingerprint density at radius 1 is 1.15 bits per heavy atom. The van der Waals surface area contributed by atoms with E-state index in [4.69, 9.17) is 11.6 Å². The van der Waals surface area contributed by atoms with E-state index >= 15 is 0 Å². The molecule has 6 heteroatoms. The van der Waals surface area contributed by atoms with Gasteiger partial charge in [0.25, 0.3) is 0 Å². The summed E-state index contributed by atoms with van der Waals surface area (Å²) in [4.78, 5) is 16.3. The van der Waals surface area contributed by atoms with E-state index in [9.17, 15) is 15.2 Å². The second-order valence-electron chi connectivity index (χ2n) is 8.47. The van der Waals surface area contributed by atoms with E-state index in [1.807, 2.05) is 30.3 Å². The smallest absolute Gasteiger partial charge is 0.336 e. The van der Waals surface area contributed by atoms with Gasteiger partial charge in [0.15, 0.2) is 0 Å². The van der Waals surface area contributed by atoms with Crippen LogP contribution in [0, 0.1) is 18.3 Å². The number of likely N-dealkylation sites (tertiary alicyclic amines) is 1. The van der Waals surface area contributed by atoms with Gasteiger partial charge in [-0.3, -0.25) is 4.90 Å². The van der Waals surface area contributed by atoms with Gasteiger partial charge in [-0.25, -0.2) is 4.79 Å². The molecule has 3 aromatic carbocycles. The van der Waals surface area contributed by atoms with Crippen LogP contribution in [0.1, 0.15) is 39.0 Å². The van der Waals surface area contributed by atoms with Crippen molar-refractivity contribution < 1.29 is 9.90 Å². The highest BCUT2D eigenvalue weighted by molar-refractivity contribution is 6.32. The fourth-order valence-electron chi connectivity index (χ4n) is 4.49. The second-order valence-corrected chi connectivity index (χ2v) is 8.88. The SMILES string of the molecule is Cc1ccccc1CN(c1ccc(C#N)c(Cl)c1)[C@H]1CCN(Cc2ccccc2C(=O)O)C1. The van der Waals surface area contributed by atoms with Crippen LogP contribution in [0.15, 0.2) is 66.7 Å². The Hall–Kier alpha value is -3.33. The normalized spacial score (nSPS) is 15.8. The molecule has 1 fully saturated rings. The molecular formula is C27H26ClN3O2. The number of aromatic carboxylic acids is 1. The van der Waals surface area contributed by atoms with Crippen molar-refractivity contribution in [2.24, 2.45) is 0 Å². The summed E-state index contributed by atoms with van der Waals surface area (Å²) in [5.74, 6) is -0.894. The van der Waals surface area contributed by atoms with Gasteiger partial charge in [-0.2, -0.15) is 5.26 Å². The molecule has 0 amide bonds. The summed E-state index contributed by atoms with van der Waals surface area (Å²) >= 11 is 6.38. The zero-order valence-electron chi connectivity index (χ0n) is 18.5. The number of aryl methyl sites for hydroxylation is 1. The summed E-state index contributed by atoms with van der Waals surface area (Å²) in [5.41, 5.74) is 5.11. The summed E-state index contributed by atoms with van der Waals surface area (Å²) in [7, 11) is 0. The molecule has 1 aliphatic heterocycles. The van der Waals surface area contributed by atoms with Crippen LogP contribution in [-0.2, 0) is 13.1 Å². The Labute approximate surface area is 199 Å². The molecule has 0 aliphatic carbocycles. The third-order valence-electron chi connectivity index (χ3n) is 6.34. The molecule has 0 bridgehead atoms. The molecule has 0 spiro atoms. The molecule has 1 heterocycles. The van der Waals surface area contributed by atoms with Gasteiger partial charge in [0.05, 0.1) is 16.1 Å². The zero-order chi connectivity index (χ0) is 23.4. The summed E-state index contributed by atoms with van der Waals surface area (Å²) < 4.78 is 0. The molecule has 168 valence electrons. The molecule has 1 atom stereocenters. The Morgan fingerprint density at radius 2 is 1.88 bits per heavy atom. The van der Waals surface area contributed by atoms with Crippen LogP contribution in [0.4, 0.5) is 5.69 Å². The van der Waals surface area contributed by atoms with E-state index in [0.29, 0.717) is 22.7 Å². The van der Waals surface area contributed by atoms with Crippen molar-refractivity contribution >= 4 is 23.3 Å². The summed E-state index contributed by atoms with van der Waals surface area (Å²) in [6, 6.07) is 23.5. The molecule has 0 radical (unpaired) electrons. The molecule has 4 rings (SSSR count). The lowest BCUT2D eigenvalue weighted by Gasteiger charge is -2.32. The molecule has 0 aromatic heterocycles. The topological polar surface area (TPSA) is 67.6 Å². The van der Waals surface area contributed by atoms with E-state index in [1.54, 1.807) is 18.2 Å². The van der Waals surface area contributed by atoms with Gasteiger partial charge in [0.2, 0.25) is 0 Å². The van der Waals surface area contributed by atoms with Gasteiger partial charge in [-0.1, -0.05) is 54.1 Å². The maximum atomic E-state index is 11.6. The number of nitrogens with zero attached hydrogens (tertiary/aromatic N) is 3. The first-order valence-electron chi connectivity index (χ1n) is 11.0. The van der Waals surface area contributed by atoms with E-state index in [2.05, 4.69) is 41.0 Å². The minimum absolute atomic E-state index is 0.241. The van der Waals surface area contributed by atoms with Gasteiger partial charge >= 0.3 is 5.97 Å². The lowest BCUT2D eigenvalue weighted by atomic mass is 10.1.